The first-order chi connectivity index (χ1) is 17.0. The minimum atomic E-state index is -1.67. The summed E-state index contributed by atoms with van der Waals surface area (Å²) in [6.07, 6.45) is 3.23. The average Bonchev–Trinajstić information content (AvgIpc) is 2.91. The molecule has 1 unspecified atom stereocenters. The Balaban J connectivity index is 1.89. The fourth-order valence-electron chi connectivity index (χ4n) is 4.55. The lowest BCUT2D eigenvalue weighted by atomic mass is 9.71. The predicted molar refractivity (Wildman–Crippen MR) is 134 cm³/mol. The van der Waals surface area contributed by atoms with Crippen LogP contribution in [0.5, 0.6) is 0 Å². The van der Waals surface area contributed by atoms with Crippen molar-refractivity contribution in [2.75, 3.05) is 19.3 Å². The van der Waals surface area contributed by atoms with Gasteiger partial charge in [-0.05, 0) is 30.2 Å². The van der Waals surface area contributed by atoms with Gasteiger partial charge in [0.1, 0.15) is 12.1 Å². The van der Waals surface area contributed by atoms with Gasteiger partial charge in [0.15, 0.2) is 5.41 Å². The smallest absolute Gasteiger partial charge is 0.325 e. The molecule has 0 aromatic heterocycles. The summed E-state index contributed by atoms with van der Waals surface area (Å²) >= 11 is 0. The third-order valence-corrected chi connectivity index (χ3v) is 6.28. The van der Waals surface area contributed by atoms with Crippen LogP contribution in [0.15, 0.2) is 91.0 Å². The molecule has 1 heterocycles. The van der Waals surface area contributed by atoms with E-state index in [0.29, 0.717) is 5.69 Å². The van der Waals surface area contributed by atoms with Gasteiger partial charge in [-0.1, -0.05) is 90.5 Å². The molecule has 2 atom stereocenters. The molecule has 1 aliphatic rings. The standard InChI is InChI=1S/C29H29NO5/c1-21-14-17-24(18-15-21)30-26(23-12-8-5-9-13-23)29(27(31)33-2,28(32)34-3)20-25(35-30)19-16-22-10-6-4-7-11-22/h4-19,25-26H,20H2,1-3H3/b19-16+/t25-,26?/m0/s1. The molecule has 180 valence electrons. The Bertz CT molecular complexity index is 1160. The molecule has 0 saturated carbocycles. The third-order valence-electron chi connectivity index (χ3n) is 6.28. The Hall–Kier alpha value is -3.90. The van der Waals surface area contributed by atoms with Gasteiger partial charge in [0.2, 0.25) is 0 Å². The SMILES string of the molecule is COC(=O)C1(C(=O)OC)C[C@H](/C=C/c2ccccc2)ON(c2ccc(C)cc2)C1c1ccccc1. The summed E-state index contributed by atoms with van der Waals surface area (Å²) in [6, 6.07) is 26.1. The van der Waals surface area contributed by atoms with E-state index >= 15 is 0 Å². The normalized spacial score (nSPS) is 19.3. The molecule has 35 heavy (non-hydrogen) atoms. The second-order valence-electron chi connectivity index (χ2n) is 8.55. The van der Waals surface area contributed by atoms with E-state index in [9.17, 15) is 9.59 Å². The summed E-state index contributed by atoms with van der Waals surface area (Å²) in [4.78, 5) is 33.5. The van der Waals surface area contributed by atoms with E-state index in [1.54, 1.807) is 5.06 Å². The number of carbonyl (C=O) groups excluding carboxylic acids is 2. The van der Waals surface area contributed by atoms with Crippen molar-refractivity contribution in [1.29, 1.82) is 0 Å². The summed E-state index contributed by atoms with van der Waals surface area (Å²) in [5.74, 6) is -1.34. The van der Waals surface area contributed by atoms with Crippen LogP contribution in [-0.4, -0.2) is 32.3 Å². The second-order valence-corrected chi connectivity index (χ2v) is 8.55. The Morgan fingerprint density at radius 1 is 0.886 bits per heavy atom. The molecule has 0 spiro atoms. The number of aryl methyl sites for hydroxylation is 1. The molecule has 0 N–H and O–H groups in total. The topological polar surface area (TPSA) is 65.1 Å². The molecule has 0 amide bonds. The highest BCUT2D eigenvalue weighted by molar-refractivity contribution is 6.02. The first-order valence-corrected chi connectivity index (χ1v) is 11.5. The Morgan fingerprint density at radius 2 is 1.46 bits per heavy atom. The van der Waals surface area contributed by atoms with Crippen LogP contribution in [0.25, 0.3) is 6.08 Å². The van der Waals surface area contributed by atoms with E-state index < -0.39 is 29.5 Å². The Labute approximate surface area is 205 Å². The minimum Gasteiger partial charge on any atom is -0.468 e. The lowest BCUT2D eigenvalue weighted by Crippen LogP contribution is -2.58. The largest absolute Gasteiger partial charge is 0.468 e. The zero-order valence-corrected chi connectivity index (χ0v) is 20.1. The summed E-state index contributed by atoms with van der Waals surface area (Å²) in [5.41, 5.74) is 1.83. The fourth-order valence-corrected chi connectivity index (χ4v) is 4.55. The average molecular weight is 472 g/mol. The molecule has 1 saturated heterocycles. The zero-order valence-electron chi connectivity index (χ0n) is 20.1. The van der Waals surface area contributed by atoms with Gasteiger partial charge in [-0.15, -0.1) is 0 Å². The number of nitrogens with zero attached hydrogens (tertiary/aromatic N) is 1. The van der Waals surface area contributed by atoms with Gasteiger partial charge in [-0.25, -0.2) is 5.06 Å². The number of rotatable bonds is 6. The van der Waals surface area contributed by atoms with Crippen molar-refractivity contribution in [2.45, 2.75) is 25.5 Å². The predicted octanol–water partition coefficient (Wildman–Crippen LogP) is 5.29. The summed E-state index contributed by atoms with van der Waals surface area (Å²) in [6.45, 7) is 1.99. The molecule has 6 heteroatoms. The molecule has 1 aliphatic heterocycles. The number of hydrogen-bond acceptors (Lipinski definition) is 6. The van der Waals surface area contributed by atoms with Crippen LogP contribution in [0.1, 0.15) is 29.2 Å². The number of hydroxylamine groups is 1. The summed E-state index contributed by atoms with van der Waals surface area (Å²) in [5, 5.41) is 1.64. The molecule has 0 radical (unpaired) electrons. The molecular weight excluding hydrogens is 442 g/mol. The zero-order chi connectivity index (χ0) is 24.8. The quantitative estimate of drug-likeness (QED) is 0.359. The molecule has 0 aliphatic carbocycles. The number of ether oxygens (including phenoxy) is 2. The highest BCUT2D eigenvalue weighted by atomic mass is 16.7. The van der Waals surface area contributed by atoms with E-state index in [1.165, 1.54) is 14.2 Å². The molecule has 1 fully saturated rings. The number of hydrogen-bond donors (Lipinski definition) is 0. The lowest BCUT2D eigenvalue weighted by Gasteiger charge is -2.48. The fraction of sp³-hybridized carbons (Fsp3) is 0.241. The van der Waals surface area contributed by atoms with Gasteiger partial charge in [-0.2, -0.15) is 0 Å². The minimum absolute atomic E-state index is 0.0532. The maximum atomic E-state index is 13.5. The number of methoxy groups -OCH3 is 2. The van der Waals surface area contributed by atoms with Gasteiger partial charge in [-0.3, -0.25) is 14.4 Å². The van der Waals surface area contributed by atoms with Gasteiger partial charge in [0, 0.05) is 6.42 Å². The van der Waals surface area contributed by atoms with Crippen LogP contribution in [-0.2, 0) is 23.9 Å². The maximum absolute atomic E-state index is 13.5. The van der Waals surface area contributed by atoms with Crippen molar-refractivity contribution in [3.63, 3.8) is 0 Å². The van der Waals surface area contributed by atoms with E-state index in [4.69, 9.17) is 14.3 Å². The highest BCUT2D eigenvalue weighted by Gasteiger charge is 2.61. The highest BCUT2D eigenvalue weighted by Crippen LogP contribution is 2.50. The molecular formula is C29H29NO5. The Morgan fingerprint density at radius 3 is 2.03 bits per heavy atom. The van der Waals surface area contributed by atoms with Crippen molar-refractivity contribution >= 4 is 23.7 Å². The van der Waals surface area contributed by atoms with Crippen LogP contribution in [0.3, 0.4) is 0 Å². The monoisotopic (exact) mass is 471 g/mol. The third kappa shape index (κ3) is 4.84. The van der Waals surface area contributed by atoms with Crippen LogP contribution < -0.4 is 5.06 Å². The van der Waals surface area contributed by atoms with Gasteiger partial charge >= 0.3 is 11.9 Å². The lowest BCUT2D eigenvalue weighted by molar-refractivity contribution is -0.183. The molecule has 3 aromatic carbocycles. The van der Waals surface area contributed by atoms with Crippen molar-refractivity contribution in [3.8, 4) is 0 Å². The van der Waals surface area contributed by atoms with Crippen LogP contribution >= 0.6 is 0 Å². The van der Waals surface area contributed by atoms with Crippen LogP contribution in [0.2, 0.25) is 0 Å². The first-order valence-electron chi connectivity index (χ1n) is 11.5. The molecule has 3 aromatic rings. The molecule has 4 rings (SSSR count). The summed E-state index contributed by atoms with van der Waals surface area (Å²) in [7, 11) is 2.57. The number of esters is 2. The maximum Gasteiger partial charge on any atom is 0.325 e. The number of anilines is 1. The van der Waals surface area contributed by atoms with Crippen molar-refractivity contribution in [1.82, 2.24) is 0 Å². The van der Waals surface area contributed by atoms with Crippen molar-refractivity contribution < 1.29 is 23.9 Å². The molecule has 0 bridgehead atoms. The van der Waals surface area contributed by atoms with Gasteiger partial charge < -0.3 is 9.47 Å². The van der Waals surface area contributed by atoms with Gasteiger partial charge in [0.05, 0.1) is 19.9 Å². The van der Waals surface area contributed by atoms with Crippen molar-refractivity contribution in [3.05, 3.63) is 108 Å². The molecule has 6 nitrogen and oxygen atoms in total. The van der Waals surface area contributed by atoms with E-state index in [-0.39, 0.29) is 6.42 Å². The second kappa shape index (κ2) is 10.6. The van der Waals surface area contributed by atoms with Crippen LogP contribution in [0.4, 0.5) is 5.69 Å². The first kappa shape index (κ1) is 24.2. The summed E-state index contributed by atoms with van der Waals surface area (Å²) < 4.78 is 10.5. The van der Waals surface area contributed by atoms with Crippen molar-refractivity contribution in [2.24, 2.45) is 5.41 Å². The van der Waals surface area contributed by atoms with E-state index in [0.717, 1.165) is 16.7 Å². The van der Waals surface area contributed by atoms with Gasteiger partial charge in [0.25, 0.3) is 0 Å². The van der Waals surface area contributed by atoms with E-state index in [1.807, 2.05) is 104 Å². The number of benzene rings is 3. The van der Waals surface area contributed by atoms with Crippen LogP contribution in [0, 0.1) is 12.3 Å². The Kier molecular flexibility index (Phi) is 7.32. The van der Waals surface area contributed by atoms with E-state index in [2.05, 4.69) is 0 Å². The number of carbonyl (C=O) groups is 2.